The zero-order valence-corrected chi connectivity index (χ0v) is 15.9. The van der Waals surface area contributed by atoms with Crippen LogP contribution in [0.2, 0.25) is 0 Å². The fourth-order valence-corrected chi connectivity index (χ4v) is 3.81. The average molecular weight is 380 g/mol. The molecule has 1 atom stereocenters. The first-order chi connectivity index (χ1) is 13.1. The molecule has 0 fully saturated rings. The quantitative estimate of drug-likeness (QED) is 0.645. The van der Waals surface area contributed by atoms with Crippen LogP contribution in [0.1, 0.15) is 35.0 Å². The Morgan fingerprint density at radius 2 is 2.00 bits per heavy atom. The van der Waals surface area contributed by atoms with E-state index in [2.05, 4.69) is 46.3 Å². The third kappa shape index (κ3) is 3.91. The minimum absolute atomic E-state index is 0.243. The van der Waals surface area contributed by atoms with E-state index >= 15 is 0 Å². The second-order valence-corrected chi connectivity index (χ2v) is 7.22. The molecule has 0 spiro atoms. The molecule has 1 heterocycles. The first kappa shape index (κ1) is 17.8. The molecule has 0 aliphatic heterocycles. The summed E-state index contributed by atoms with van der Waals surface area (Å²) in [5.41, 5.74) is 3.75. The van der Waals surface area contributed by atoms with Crippen molar-refractivity contribution in [1.82, 2.24) is 19.7 Å². The number of hydrogen-bond acceptors (Lipinski definition) is 3. The highest BCUT2D eigenvalue weighted by atomic mass is 32.1. The van der Waals surface area contributed by atoms with Gasteiger partial charge in [-0.3, -0.25) is 10.00 Å². The van der Waals surface area contributed by atoms with E-state index < -0.39 is 0 Å². The van der Waals surface area contributed by atoms with Crippen molar-refractivity contribution in [3.05, 3.63) is 81.6 Å². The normalized spacial score (nSPS) is 16.3. The van der Waals surface area contributed by atoms with Crippen LogP contribution in [0.5, 0.6) is 0 Å². The Kier molecular flexibility index (Phi) is 5.01. The number of aromatic amines is 1. The van der Waals surface area contributed by atoms with Gasteiger partial charge in [-0.2, -0.15) is 4.98 Å². The fraction of sp³-hybridized carbons (Fsp3) is 0.238. The molecule has 0 saturated carbocycles. The van der Waals surface area contributed by atoms with Crippen molar-refractivity contribution in [2.75, 3.05) is 7.05 Å². The van der Waals surface area contributed by atoms with Gasteiger partial charge in [0.1, 0.15) is 11.6 Å². The van der Waals surface area contributed by atoms with Crippen LogP contribution in [-0.2, 0) is 13.1 Å². The molecule has 1 unspecified atom stereocenters. The molecule has 1 aliphatic rings. The number of nitrogens with zero attached hydrogens (tertiary/aromatic N) is 3. The number of halogens is 1. The van der Waals surface area contributed by atoms with Crippen LogP contribution in [0.3, 0.4) is 0 Å². The molecule has 3 aromatic rings. The maximum atomic E-state index is 13.0. The van der Waals surface area contributed by atoms with Crippen molar-refractivity contribution in [3.63, 3.8) is 0 Å². The van der Waals surface area contributed by atoms with Gasteiger partial charge >= 0.3 is 0 Å². The number of fused-ring (bicyclic) bond motifs is 1. The molecular formula is C21H21FN4S. The summed E-state index contributed by atoms with van der Waals surface area (Å²) in [6, 6.07) is 15.4. The van der Waals surface area contributed by atoms with Crippen LogP contribution in [0, 0.1) is 10.6 Å². The summed E-state index contributed by atoms with van der Waals surface area (Å²) >= 11 is 5.40. The standard InChI is InChI=1S/C21H21FN4S/c1-25(19-12-9-16-4-2-3-5-18(16)19)14-26-21(27)23-20(24-26)13-8-15-6-10-17(22)11-7-15/h2-8,10-11,13,19H,9,12,14H2,1H3,(H,23,24,27)/b13-8+. The lowest BCUT2D eigenvalue weighted by Crippen LogP contribution is -2.26. The van der Waals surface area contributed by atoms with Crippen molar-refractivity contribution in [2.45, 2.75) is 25.6 Å². The second-order valence-electron chi connectivity index (χ2n) is 6.86. The van der Waals surface area contributed by atoms with Crippen LogP contribution >= 0.6 is 12.2 Å². The van der Waals surface area contributed by atoms with Crippen LogP contribution < -0.4 is 0 Å². The molecule has 6 heteroatoms. The second kappa shape index (κ2) is 7.58. The highest BCUT2D eigenvalue weighted by Crippen LogP contribution is 2.34. The minimum Gasteiger partial charge on any atom is -0.280 e. The highest BCUT2D eigenvalue weighted by Gasteiger charge is 2.25. The van der Waals surface area contributed by atoms with Crippen LogP contribution in [0.15, 0.2) is 48.5 Å². The van der Waals surface area contributed by atoms with E-state index in [9.17, 15) is 4.39 Å². The van der Waals surface area contributed by atoms with E-state index in [0.717, 1.165) is 18.4 Å². The van der Waals surface area contributed by atoms with Gasteiger partial charge in [-0.25, -0.2) is 9.07 Å². The Labute approximate surface area is 163 Å². The minimum atomic E-state index is -0.243. The van der Waals surface area contributed by atoms with Gasteiger partial charge in [0.25, 0.3) is 0 Å². The number of H-pyrrole nitrogens is 1. The molecule has 138 valence electrons. The molecule has 0 saturated heterocycles. The highest BCUT2D eigenvalue weighted by molar-refractivity contribution is 7.71. The van der Waals surface area contributed by atoms with E-state index in [4.69, 9.17) is 12.2 Å². The lowest BCUT2D eigenvalue weighted by Gasteiger charge is -2.25. The molecule has 4 nitrogen and oxygen atoms in total. The van der Waals surface area contributed by atoms with Crippen LogP contribution in [-0.4, -0.2) is 26.7 Å². The van der Waals surface area contributed by atoms with Crippen molar-refractivity contribution < 1.29 is 4.39 Å². The van der Waals surface area contributed by atoms with Crippen molar-refractivity contribution in [3.8, 4) is 0 Å². The summed E-state index contributed by atoms with van der Waals surface area (Å²) in [6.45, 7) is 0.648. The lowest BCUT2D eigenvalue weighted by atomic mass is 10.1. The van der Waals surface area contributed by atoms with Gasteiger partial charge < -0.3 is 0 Å². The molecule has 0 bridgehead atoms. The lowest BCUT2D eigenvalue weighted by molar-refractivity contribution is 0.182. The number of rotatable bonds is 5. The predicted molar refractivity (Wildman–Crippen MR) is 108 cm³/mol. The summed E-state index contributed by atoms with van der Waals surface area (Å²) in [4.78, 5) is 6.70. The van der Waals surface area contributed by atoms with E-state index in [1.54, 1.807) is 12.1 Å². The Morgan fingerprint density at radius 1 is 1.22 bits per heavy atom. The molecule has 1 N–H and O–H groups in total. The summed E-state index contributed by atoms with van der Waals surface area (Å²) in [5.74, 6) is 0.442. The molecule has 4 rings (SSSR count). The largest absolute Gasteiger partial charge is 0.280 e. The van der Waals surface area contributed by atoms with Gasteiger partial charge in [0, 0.05) is 6.04 Å². The number of benzene rings is 2. The monoisotopic (exact) mass is 380 g/mol. The number of aromatic nitrogens is 3. The van der Waals surface area contributed by atoms with Crippen molar-refractivity contribution >= 4 is 24.4 Å². The van der Waals surface area contributed by atoms with Crippen molar-refractivity contribution in [1.29, 1.82) is 0 Å². The Morgan fingerprint density at radius 3 is 2.81 bits per heavy atom. The summed E-state index contributed by atoms with van der Waals surface area (Å²) in [7, 11) is 2.11. The smallest absolute Gasteiger partial charge is 0.217 e. The summed E-state index contributed by atoms with van der Waals surface area (Å²) < 4.78 is 15.4. The first-order valence-corrected chi connectivity index (χ1v) is 9.39. The molecule has 2 aromatic carbocycles. The van der Waals surface area contributed by atoms with E-state index in [1.807, 2.05) is 16.8 Å². The van der Waals surface area contributed by atoms with Gasteiger partial charge in [-0.05, 0) is 67.0 Å². The van der Waals surface area contributed by atoms with E-state index in [0.29, 0.717) is 23.3 Å². The maximum absolute atomic E-state index is 13.0. The predicted octanol–water partition coefficient (Wildman–Crippen LogP) is 4.83. The summed E-state index contributed by atoms with van der Waals surface area (Å²) in [6.07, 6.45) is 5.97. The zero-order chi connectivity index (χ0) is 18.8. The summed E-state index contributed by atoms with van der Waals surface area (Å²) in [5, 5.41) is 3.24. The van der Waals surface area contributed by atoms with Gasteiger partial charge in [0.2, 0.25) is 4.77 Å². The fourth-order valence-electron chi connectivity index (χ4n) is 3.61. The topological polar surface area (TPSA) is 36.9 Å². The SMILES string of the molecule is CN(Cn1[nH]c(/C=C/c2ccc(F)cc2)nc1=S)C1CCc2ccccc21. The number of nitrogens with one attached hydrogen (secondary N) is 1. The zero-order valence-electron chi connectivity index (χ0n) is 15.1. The Hall–Kier alpha value is -2.57. The third-order valence-electron chi connectivity index (χ3n) is 5.00. The van der Waals surface area contributed by atoms with Crippen molar-refractivity contribution in [2.24, 2.45) is 0 Å². The molecule has 0 radical (unpaired) electrons. The number of hydrogen-bond donors (Lipinski definition) is 1. The molecule has 1 aliphatic carbocycles. The van der Waals surface area contributed by atoms with Gasteiger partial charge in [-0.15, -0.1) is 0 Å². The van der Waals surface area contributed by atoms with Crippen LogP contribution in [0.4, 0.5) is 4.39 Å². The van der Waals surface area contributed by atoms with Gasteiger partial charge in [-0.1, -0.05) is 42.5 Å². The van der Waals surface area contributed by atoms with E-state index in [-0.39, 0.29) is 5.82 Å². The van der Waals surface area contributed by atoms with E-state index in [1.165, 1.54) is 23.3 Å². The first-order valence-electron chi connectivity index (χ1n) is 8.99. The maximum Gasteiger partial charge on any atom is 0.217 e. The average Bonchev–Trinajstić information content (AvgIpc) is 3.25. The Balaban J connectivity index is 1.47. The molecular weight excluding hydrogens is 359 g/mol. The van der Waals surface area contributed by atoms with Gasteiger partial charge in [0.15, 0.2) is 0 Å². The van der Waals surface area contributed by atoms with Crippen LogP contribution in [0.25, 0.3) is 12.2 Å². The molecule has 27 heavy (non-hydrogen) atoms. The number of aryl methyl sites for hydroxylation is 1. The molecule has 0 amide bonds. The Bertz CT molecular complexity index is 1020. The third-order valence-corrected chi connectivity index (χ3v) is 5.31. The molecule has 1 aromatic heterocycles. The van der Waals surface area contributed by atoms with Gasteiger partial charge in [0.05, 0.1) is 6.67 Å².